The predicted octanol–water partition coefficient (Wildman–Crippen LogP) is 4.16. The van der Waals surface area contributed by atoms with Gasteiger partial charge in [-0.1, -0.05) is 6.08 Å². The maximum atomic E-state index is 12.6. The van der Waals surface area contributed by atoms with E-state index in [2.05, 4.69) is 64.2 Å². The standard InChI is InChI=1S/C20H23IN2O2/c1-4-12(21)11-23-16-7-8-19(24)18(23)10-15-14-6-5-13(25-3)9-17(14)22(2)20(15)16/h4-6,9,16,18H,7-8,10-11H2,1-3H3/b12-4-/t16-,18-/m0/s1. The number of hydrogen-bond acceptors (Lipinski definition) is 3. The minimum Gasteiger partial charge on any atom is -0.497 e. The second kappa shape index (κ2) is 6.43. The van der Waals surface area contributed by atoms with Gasteiger partial charge >= 0.3 is 0 Å². The van der Waals surface area contributed by atoms with Crippen LogP contribution in [0.2, 0.25) is 0 Å². The average molecular weight is 450 g/mol. The number of hydrogen-bond donors (Lipinski definition) is 0. The Morgan fingerprint density at radius 2 is 2.20 bits per heavy atom. The van der Waals surface area contributed by atoms with Crippen LogP contribution in [0, 0.1) is 0 Å². The molecule has 0 amide bonds. The number of aromatic nitrogens is 1. The molecule has 0 spiro atoms. The highest BCUT2D eigenvalue weighted by atomic mass is 127. The summed E-state index contributed by atoms with van der Waals surface area (Å²) in [6.07, 6.45) is 4.57. The molecule has 3 heterocycles. The number of aryl methyl sites for hydroxylation is 1. The van der Waals surface area contributed by atoms with Crippen molar-refractivity contribution in [2.24, 2.45) is 7.05 Å². The average Bonchev–Trinajstić information content (AvgIpc) is 2.90. The highest BCUT2D eigenvalue weighted by Crippen LogP contribution is 2.45. The van der Waals surface area contributed by atoms with Crippen LogP contribution in [-0.4, -0.2) is 34.9 Å². The Morgan fingerprint density at radius 1 is 1.40 bits per heavy atom. The molecule has 1 saturated heterocycles. The van der Waals surface area contributed by atoms with Gasteiger partial charge < -0.3 is 9.30 Å². The molecular weight excluding hydrogens is 427 g/mol. The lowest BCUT2D eigenvalue weighted by Crippen LogP contribution is -2.52. The van der Waals surface area contributed by atoms with Crippen LogP contribution in [0.25, 0.3) is 10.9 Å². The number of fused-ring (bicyclic) bond motifs is 6. The first kappa shape index (κ1) is 17.1. The molecule has 132 valence electrons. The number of piperidine rings is 1. The molecule has 0 unspecified atom stereocenters. The van der Waals surface area contributed by atoms with Crippen molar-refractivity contribution in [1.82, 2.24) is 9.47 Å². The summed E-state index contributed by atoms with van der Waals surface area (Å²) in [6, 6.07) is 6.62. The zero-order chi connectivity index (χ0) is 17.7. The number of methoxy groups -OCH3 is 1. The third kappa shape index (κ3) is 2.63. The summed E-state index contributed by atoms with van der Waals surface area (Å²) >= 11 is 2.39. The maximum Gasteiger partial charge on any atom is 0.150 e. The largest absolute Gasteiger partial charge is 0.497 e. The van der Waals surface area contributed by atoms with Gasteiger partial charge in [0.05, 0.1) is 24.7 Å². The fraction of sp³-hybridized carbons (Fsp3) is 0.450. The monoisotopic (exact) mass is 450 g/mol. The number of ether oxygens (including phenoxy) is 1. The number of Topliss-reactive ketones (excluding diaryl/α,β-unsaturated/α-hetero) is 1. The Morgan fingerprint density at radius 3 is 2.92 bits per heavy atom. The van der Waals surface area contributed by atoms with Crippen molar-refractivity contribution in [3.05, 3.63) is 39.1 Å². The zero-order valence-corrected chi connectivity index (χ0v) is 17.0. The molecule has 25 heavy (non-hydrogen) atoms. The van der Waals surface area contributed by atoms with E-state index >= 15 is 0 Å². The second-order valence-electron chi connectivity index (χ2n) is 6.95. The lowest BCUT2D eigenvalue weighted by Gasteiger charge is -2.45. The number of benzene rings is 1. The molecule has 2 aliphatic rings. The molecule has 2 aliphatic heterocycles. The summed E-state index contributed by atoms with van der Waals surface area (Å²) in [5.41, 5.74) is 3.94. The topological polar surface area (TPSA) is 34.5 Å². The third-order valence-corrected chi connectivity index (χ3v) is 6.72. The van der Waals surface area contributed by atoms with E-state index in [0.29, 0.717) is 18.2 Å². The van der Waals surface area contributed by atoms with Crippen molar-refractivity contribution in [3.8, 4) is 5.75 Å². The molecule has 0 saturated carbocycles. The maximum absolute atomic E-state index is 12.6. The first-order valence-electron chi connectivity index (χ1n) is 8.79. The molecule has 1 aromatic heterocycles. The van der Waals surface area contributed by atoms with Crippen LogP contribution in [0.3, 0.4) is 0 Å². The minimum atomic E-state index is 0.0173. The van der Waals surface area contributed by atoms with Gasteiger partial charge in [0.15, 0.2) is 0 Å². The van der Waals surface area contributed by atoms with Crippen molar-refractivity contribution in [1.29, 1.82) is 0 Å². The van der Waals surface area contributed by atoms with Crippen LogP contribution in [0.15, 0.2) is 27.9 Å². The summed E-state index contributed by atoms with van der Waals surface area (Å²) in [6.45, 7) is 2.93. The molecule has 0 radical (unpaired) electrons. The van der Waals surface area contributed by atoms with Gasteiger partial charge in [0.25, 0.3) is 0 Å². The molecule has 4 nitrogen and oxygen atoms in total. The highest BCUT2D eigenvalue weighted by molar-refractivity contribution is 14.1. The first-order chi connectivity index (χ1) is 12.0. The van der Waals surface area contributed by atoms with E-state index in [4.69, 9.17) is 4.74 Å². The van der Waals surface area contributed by atoms with Crippen molar-refractivity contribution in [2.45, 2.75) is 38.3 Å². The van der Waals surface area contributed by atoms with Gasteiger partial charge in [0.1, 0.15) is 11.5 Å². The van der Waals surface area contributed by atoms with Gasteiger partial charge in [-0.2, -0.15) is 0 Å². The van der Waals surface area contributed by atoms with Gasteiger partial charge in [-0.25, -0.2) is 0 Å². The Hall–Kier alpha value is -1.34. The van der Waals surface area contributed by atoms with E-state index in [9.17, 15) is 4.79 Å². The van der Waals surface area contributed by atoms with Crippen molar-refractivity contribution < 1.29 is 9.53 Å². The summed E-state index contributed by atoms with van der Waals surface area (Å²) < 4.78 is 9.03. The fourth-order valence-electron chi connectivity index (χ4n) is 4.50. The van der Waals surface area contributed by atoms with Gasteiger partial charge in [-0.05, 0) is 60.1 Å². The smallest absolute Gasteiger partial charge is 0.150 e. The summed E-state index contributed by atoms with van der Waals surface area (Å²) in [5.74, 6) is 1.28. The van der Waals surface area contributed by atoms with Crippen LogP contribution in [0.4, 0.5) is 0 Å². The van der Waals surface area contributed by atoms with Crippen molar-refractivity contribution >= 4 is 39.3 Å². The normalized spacial score (nSPS) is 23.8. The second-order valence-corrected chi connectivity index (χ2v) is 8.34. The van der Waals surface area contributed by atoms with E-state index in [1.165, 1.54) is 25.7 Å². The number of nitrogens with zero attached hydrogens (tertiary/aromatic N) is 2. The lowest BCUT2D eigenvalue weighted by molar-refractivity contribution is -0.129. The lowest BCUT2D eigenvalue weighted by atomic mass is 9.81. The van der Waals surface area contributed by atoms with Crippen molar-refractivity contribution in [2.75, 3.05) is 13.7 Å². The first-order valence-corrected chi connectivity index (χ1v) is 9.87. The molecule has 5 heteroatoms. The van der Waals surface area contributed by atoms with Gasteiger partial charge in [0, 0.05) is 40.7 Å². The van der Waals surface area contributed by atoms with Gasteiger partial charge in [-0.15, -0.1) is 0 Å². The third-order valence-electron chi connectivity index (χ3n) is 5.76. The number of rotatable bonds is 3. The van der Waals surface area contributed by atoms with E-state index in [-0.39, 0.29) is 6.04 Å². The van der Waals surface area contributed by atoms with Crippen LogP contribution in [0.5, 0.6) is 5.75 Å². The number of halogens is 1. The summed E-state index contributed by atoms with van der Waals surface area (Å²) in [7, 11) is 3.85. The Labute approximate surface area is 162 Å². The fourth-order valence-corrected chi connectivity index (χ4v) is 4.89. The van der Waals surface area contributed by atoms with Gasteiger partial charge in [0.2, 0.25) is 0 Å². The molecule has 2 atom stereocenters. The Balaban J connectivity index is 1.88. The van der Waals surface area contributed by atoms with E-state index < -0.39 is 0 Å². The van der Waals surface area contributed by atoms with Crippen molar-refractivity contribution in [3.63, 3.8) is 0 Å². The molecule has 4 rings (SSSR count). The van der Waals surface area contributed by atoms with Crippen LogP contribution < -0.4 is 4.74 Å². The predicted molar refractivity (Wildman–Crippen MR) is 108 cm³/mol. The quantitative estimate of drug-likeness (QED) is 0.659. The van der Waals surface area contributed by atoms with Crippen LogP contribution in [0.1, 0.15) is 37.1 Å². The number of ketones is 1. The van der Waals surface area contributed by atoms with E-state index in [0.717, 1.165) is 25.1 Å². The van der Waals surface area contributed by atoms with E-state index in [1.807, 2.05) is 6.07 Å². The molecule has 2 aromatic rings. The number of carbonyl (C=O) groups excluding carboxylic acids is 1. The Kier molecular flexibility index (Phi) is 4.40. The molecule has 0 N–H and O–H groups in total. The van der Waals surface area contributed by atoms with Crippen LogP contribution in [-0.2, 0) is 18.3 Å². The molecule has 1 fully saturated rings. The molecule has 0 aliphatic carbocycles. The highest BCUT2D eigenvalue weighted by Gasteiger charge is 2.44. The minimum absolute atomic E-state index is 0.0173. The van der Waals surface area contributed by atoms with Gasteiger partial charge in [-0.3, -0.25) is 9.69 Å². The summed E-state index contributed by atoms with van der Waals surface area (Å²) in [5, 5.41) is 1.27. The number of allylic oxidation sites excluding steroid dienone is 1. The Bertz CT molecular complexity index is 883. The zero-order valence-electron chi connectivity index (χ0n) is 14.9. The number of carbonyl (C=O) groups is 1. The molecule has 1 aromatic carbocycles. The molecule has 2 bridgehead atoms. The molecular formula is C20H23IN2O2. The summed E-state index contributed by atoms with van der Waals surface area (Å²) in [4.78, 5) is 15.1. The SMILES string of the molecule is C/C=C(\I)CN1[C@H]2Cc3c(n(C)c4cc(OC)ccc34)[C@@H]1CCC2=O. The van der Waals surface area contributed by atoms with Crippen LogP contribution >= 0.6 is 22.6 Å². The van der Waals surface area contributed by atoms with E-state index in [1.54, 1.807) is 7.11 Å².